The number of nitrogens with zero attached hydrogens (tertiary/aromatic N) is 2. The number of amides is 1. The smallest absolute Gasteiger partial charge is 0.408 e. The van der Waals surface area contributed by atoms with Gasteiger partial charge in [0.05, 0.1) is 7.11 Å². The molecule has 3 aromatic rings. The van der Waals surface area contributed by atoms with Crippen LogP contribution in [0.25, 0.3) is 0 Å². The van der Waals surface area contributed by atoms with Gasteiger partial charge in [0.2, 0.25) is 0 Å². The molecule has 0 unspecified atom stereocenters. The summed E-state index contributed by atoms with van der Waals surface area (Å²) in [6.45, 7) is 0. The Morgan fingerprint density at radius 2 is 2.00 bits per heavy atom. The molecule has 0 aliphatic carbocycles. The third kappa shape index (κ3) is 3.79. The molecule has 0 bridgehead atoms. The highest BCUT2D eigenvalue weighted by molar-refractivity contribution is 5.71. The molecule has 1 amide bonds. The van der Waals surface area contributed by atoms with Crippen molar-refractivity contribution in [3.63, 3.8) is 0 Å². The number of carbonyl (C=O) groups is 1. The molecule has 1 aliphatic rings. The van der Waals surface area contributed by atoms with E-state index in [9.17, 15) is 4.79 Å². The lowest BCUT2D eigenvalue weighted by atomic mass is 9.96. The van der Waals surface area contributed by atoms with Crippen LogP contribution in [0.4, 0.5) is 4.79 Å². The highest BCUT2D eigenvalue weighted by Crippen LogP contribution is 2.37. The molecule has 2 aromatic heterocycles. The van der Waals surface area contributed by atoms with E-state index in [1.165, 1.54) is 0 Å². The summed E-state index contributed by atoms with van der Waals surface area (Å²) in [6.07, 6.45) is 4.13. The first-order chi connectivity index (χ1) is 13.7. The number of hydrogen-bond acceptors (Lipinski definition) is 5. The zero-order valence-corrected chi connectivity index (χ0v) is 15.1. The van der Waals surface area contributed by atoms with Crippen LogP contribution in [0.5, 0.6) is 5.75 Å². The van der Waals surface area contributed by atoms with Crippen LogP contribution in [0.1, 0.15) is 34.5 Å². The van der Waals surface area contributed by atoms with Gasteiger partial charge in [-0.3, -0.25) is 4.98 Å². The molecular weight excluding hydrogens is 354 g/mol. The molecule has 1 aromatic carbocycles. The Bertz CT molecular complexity index is 1060. The van der Waals surface area contributed by atoms with E-state index >= 15 is 0 Å². The van der Waals surface area contributed by atoms with Crippen LogP contribution in [-0.4, -0.2) is 23.2 Å². The summed E-state index contributed by atoms with van der Waals surface area (Å²) < 4.78 is 10.8. The first kappa shape index (κ1) is 17.6. The summed E-state index contributed by atoms with van der Waals surface area (Å²) in [6, 6.07) is 14.6. The Morgan fingerprint density at radius 1 is 1.07 bits per heavy atom. The van der Waals surface area contributed by atoms with Crippen molar-refractivity contribution in [2.45, 2.75) is 12.1 Å². The Balaban J connectivity index is 1.64. The molecule has 1 saturated heterocycles. The van der Waals surface area contributed by atoms with Crippen molar-refractivity contribution in [1.29, 1.82) is 0 Å². The van der Waals surface area contributed by atoms with Crippen molar-refractivity contribution >= 4 is 6.09 Å². The number of methoxy groups -OCH3 is 1. The zero-order valence-electron chi connectivity index (χ0n) is 15.1. The maximum Gasteiger partial charge on any atom is 0.408 e. The number of ether oxygens (including phenoxy) is 2. The van der Waals surface area contributed by atoms with Crippen LogP contribution >= 0.6 is 0 Å². The summed E-state index contributed by atoms with van der Waals surface area (Å²) in [5.74, 6) is 6.77. The van der Waals surface area contributed by atoms with Gasteiger partial charge in [-0.2, -0.15) is 0 Å². The van der Waals surface area contributed by atoms with E-state index in [4.69, 9.17) is 9.47 Å². The molecular formula is C22H17N3O3. The average molecular weight is 371 g/mol. The summed E-state index contributed by atoms with van der Waals surface area (Å²) in [5.41, 5.74) is 3.06. The third-order valence-electron chi connectivity index (χ3n) is 4.35. The van der Waals surface area contributed by atoms with E-state index in [0.717, 1.165) is 16.7 Å². The van der Waals surface area contributed by atoms with Crippen LogP contribution in [0, 0.1) is 11.8 Å². The van der Waals surface area contributed by atoms with Crippen LogP contribution in [0.2, 0.25) is 0 Å². The summed E-state index contributed by atoms with van der Waals surface area (Å²) in [4.78, 5) is 20.4. The van der Waals surface area contributed by atoms with Gasteiger partial charge in [-0.25, -0.2) is 9.78 Å². The van der Waals surface area contributed by atoms with Gasteiger partial charge >= 0.3 is 6.09 Å². The lowest BCUT2D eigenvalue weighted by Crippen LogP contribution is -2.19. The molecule has 1 fully saturated rings. The minimum absolute atomic E-state index is 0.372. The topological polar surface area (TPSA) is 73.3 Å². The van der Waals surface area contributed by atoms with Crippen molar-refractivity contribution in [3.8, 4) is 17.6 Å². The molecule has 28 heavy (non-hydrogen) atoms. The molecule has 1 N–H and O–H groups in total. The van der Waals surface area contributed by atoms with Crippen molar-refractivity contribution in [1.82, 2.24) is 15.3 Å². The van der Waals surface area contributed by atoms with Gasteiger partial charge in [0, 0.05) is 24.2 Å². The SMILES string of the molecule is COc1cccc([C@@H]2OC(=O)N[C@H]2c2cncc(C#Cc3ccccn3)c2)c1. The first-order valence-electron chi connectivity index (χ1n) is 8.72. The third-order valence-corrected chi connectivity index (χ3v) is 4.35. The van der Waals surface area contributed by atoms with Crippen LogP contribution in [0.15, 0.2) is 67.1 Å². The Hall–Kier alpha value is -3.85. The lowest BCUT2D eigenvalue weighted by molar-refractivity contribution is 0.132. The standard InChI is InChI=1S/C22H17N3O3/c1-27-19-7-4-5-16(12-19)21-20(25-22(26)28-21)17-11-15(13-23-14-17)8-9-18-6-2-3-10-24-18/h2-7,10-14,20-21H,1H3,(H,25,26)/t20-,21-/m0/s1. The van der Waals surface area contributed by atoms with Gasteiger partial charge in [-0.15, -0.1) is 0 Å². The fourth-order valence-corrected chi connectivity index (χ4v) is 3.03. The quantitative estimate of drug-likeness (QED) is 0.715. The van der Waals surface area contributed by atoms with Gasteiger partial charge < -0.3 is 14.8 Å². The van der Waals surface area contributed by atoms with Crippen molar-refractivity contribution in [2.24, 2.45) is 0 Å². The number of carbonyl (C=O) groups excluding carboxylic acids is 1. The number of hydrogen-bond donors (Lipinski definition) is 1. The van der Waals surface area contributed by atoms with E-state index in [2.05, 4.69) is 27.1 Å². The maximum absolute atomic E-state index is 11.9. The minimum atomic E-state index is -0.483. The Morgan fingerprint density at radius 3 is 2.82 bits per heavy atom. The van der Waals surface area contributed by atoms with Gasteiger partial charge in [-0.1, -0.05) is 24.1 Å². The normalized spacial score (nSPS) is 17.8. The molecule has 1 aliphatic heterocycles. The van der Waals surface area contributed by atoms with Crippen molar-refractivity contribution in [3.05, 3.63) is 89.5 Å². The molecule has 0 spiro atoms. The molecule has 3 heterocycles. The molecule has 0 radical (unpaired) electrons. The second-order valence-corrected chi connectivity index (χ2v) is 6.20. The second-order valence-electron chi connectivity index (χ2n) is 6.20. The Kier molecular flexibility index (Phi) is 4.89. The Labute approximate surface area is 162 Å². The molecule has 2 atom stereocenters. The summed E-state index contributed by atoms with van der Waals surface area (Å²) >= 11 is 0. The number of aromatic nitrogens is 2. The minimum Gasteiger partial charge on any atom is -0.497 e. The highest BCUT2D eigenvalue weighted by Gasteiger charge is 2.36. The highest BCUT2D eigenvalue weighted by atomic mass is 16.6. The summed E-state index contributed by atoms with van der Waals surface area (Å²) in [7, 11) is 1.60. The average Bonchev–Trinajstić information content (AvgIpc) is 3.15. The monoisotopic (exact) mass is 371 g/mol. The number of alkyl carbamates (subject to hydrolysis) is 1. The van der Waals surface area contributed by atoms with Crippen LogP contribution < -0.4 is 10.1 Å². The number of cyclic esters (lactones) is 1. The predicted molar refractivity (Wildman–Crippen MR) is 103 cm³/mol. The second kappa shape index (κ2) is 7.80. The fraction of sp³-hybridized carbons (Fsp3) is 0.136. The van der Waals surface area contributed by atoms with E-state index in [1.54, 1.807) is 25.7 Å². The van der Waals surface area contributed by atoms with Gasteiger partial charge in [0.15, 0.2) is 6.10 Å². The fourth-order valence-electron chi connectivity index (χ4n) is 3.03. The molecule has 6 nitrogen and oxygen atoms in total. The van der Waals surface area contributed by atoms with E-state index in [1.807, 2.05) is 48.5 Å². The first-order valence-corrected chi connectivity index (χ1v) is 8.72. The largest absolute Gasteiger partial charge is 0.497 e. The lowest BCUT2D eigenvalue weighted by Gasteiger charge is -2.18. The molecule has 4 rings (SSSR count). The van der Waals surface area contributed by atoms with Gasteiger partial charge in [-0.05, 0) is 47.4 Å². The molecule has 138 valence electrons. The van der Waals surface area contributed by atoms with Gasteiger partial charge in [0.1, 0.15) is 17.5 Å². The van der Waals surface area contributed by atoms with E-state index < -0.39 is 12.2 Å². The zero-order chi connectivity index (χ0) is 19.3. The number of rotatable bonds is 3. The van der Waals surface area contributed by atoms with Crippen molar-refractivity contribution < 1.29 is 14.3 Å². The number of benzene rings is 1. The van der Waals surface area contributed by atoms with E-state index in [-0.39, 0.29) is 6.04 Å². The summed E-state index contributed by atoms with van der Waals surface area (Å²) in [5, 5.41) is 2.85. The van der Waals surface area contributed by atoms with E-state index in [0.29, 0.717) is 11.4 Å². The molecule has 6 heteroatoms. The van der Waals surface area contributed by atoms with Crippen molar-refractivity contribution in [2.75, 3.05) is 7.11 Å². The van der Waals surface area contributed by atoms with Crippen LogP contribution in [0.3, 0.4) is 0 Å². The maximum atomic E-state index is 11.9. The van der Waals surface area contributed by atoms with Gasteiger partial charge in [0.25, 0.3) is 0 Å². The van der Waals surface area contributed by atoms with Crippen LogP contribution in [-0.2, 0) is 4.74 Å². The predicted octanol–water partition coefficient (Wildman–Crippen LogP) is 3.41. The number of nitrogens with one attached hydrogen (secondary N) is 1. The molecule has 0 saturated carbocycles. The number of pyridine rings is 2.